The molecule has 3 heterocycles. The number of nitrogens with zero attached hydrogens (tertiary/aromatic N) is 2. The molecule has 0 saturated heterocycles. The van der Waals surface area contributed by atoms with Crippen LogP contribution >= 0.6 is 11.3 Å². The van der Waals surface area contributed by atoms with Crippen LogP contribution in [0.3, 0.4) is 0 Å². The quantitative estimate of drug-likeness (QED) is 0.112. The Labute approximate surface area is 353 Å². The van der Waals surface area contributed by atoms with Crippen LogP contribution in [-0.2, 0) is 31.9 Å². The zero-order chi connectivity index (χ0) is 39.7. The number of pyridine rings is 2. The zero-order valence-corrected chi connectivity index (χ0v) is 39.0. The third kappa shape index (κ3) is 9.83. The van der Waals surface area contributed by atoms with Gasteiger partial charge in [-0.3, -0.25) is 0 Å². The maximum absolute atomic E-state index is 13.5. The minimum Gasteiger partial charge on any atom is -0.305 e. The molecule has 2 nitrogen and oxygen atoms in total. The van der Waals surface area contributed by atoms with Crippen molar-refractivity contribution in [3.8, 4) is 33.6 Å². The third-order valence-electron chi connectivity index (χ3n) is 10.5. The molecule has 0 bridgehead atoms. The van der Waals surface area contributed by atoms with Gasteiger partial charge in [0.05, 0.1) is 8.07 Å². The van der Waals surface area contributed by atoms with Crippen LogP contribution in [0, 0.1) is 29.8 Å². The van der Waals surface area contributed by atoms with Gasteiger partial charge < -0.3 is 9.97 Å². The third-order valence-corrected chi connectivity index (χ3v) is 13.9. The minimum absolute atomic E-state index is 0. The van der Waals surface area contributed by atoms with Crippen LogP contribution in [-0.4, -0.2) is 18.0 Å². The number of thiophene rings is 1. The molecule has 7 rings (SSSR count). The van der Waals surface area contributed by atoms with Crippen molar-refractivity contribution in [2.24, 2.45) is 11.8 Å². The van der Waals surface area contributed by atoms with Crippen LogP contribution in [0.25, 0.3) is 53.8 Å². The summed E-state index contributed by atoms with van der Waals surface area (Å²) in [6, 6.07) is 37.1. The Hall–Kier alpha value is -3.80. The average molecular weight is 955 g/mol. The van der Waals surface area contributed by atoms with Gasteiger partial charge in [-0.15, -0.1) is 59.2 Å². The Morgan fingerprint density at radius 1 is 0.768 bits per heavy atom. The van der Waals surface area contributed by atoms with Crippen molar-refractivity contribution in [1.29, 1.82) is 0 Å². The van der Waals surface area contributed by atoms with E-state index in [1.807, 2.05) is 30.5 Å². The molecule has 1 unspecified atom stereocenters. The van der Waals surface area contributed by atoms with Gasteiger partial charge in [0.2, 0.25) is 0 Å². The molecule has 7 aromatic rings. The van der Waals surface area contributed by atoms with Crippen molar-refractivity contribution in [3.05, 3.63) is 138 Å². The Morgan fingerprint density at radius 2 is 1.46 bits per heavy atom. The second-order valence-electron chi connectivity index (χ2n) is 17.7. The Kier molecular flexibility index (Phi) is 13.7. The van der Waals surface area contributed by atoms with Crippen LogP contribution in [0.4, 0.5) is 4.39 Å². The largest absolute Gasteiger partial charge is 0.305 e. The predicted octanol–water partition coefficient (Wildman–Crippen LogP) is 14.1. The van der Waals surface area contributed by atoms with Gasteiger partial charge in [-0.2, -0.15) is 11.3 Å². The molecule has 1 atom stereocenters. The first-order chi connectivity index (χ1) is 26.0. The van der Waals surface area contributed by atoms with E-state index in [1.54, 1.807) is 11.3 Å². The number of aromatic nitrogens is 2. The number of hydrogen-bond donors (Lipinski definition) is 0. The average Bonchev–Trinajstić information content (AvgIpc) is 3.53. The molecule has 0 saturated carbocycles. The molecule has 4 aromatic carbocycles. The molecule has 1 radical (unpaired) electrons. The summed E-state index contributed by atoms with van der Waals surface area (Å²) >= 11 is 1.76. The van der Waals surface area contributed by atoms with Gasteiger partial charge in [0.1, 0.15) is 5.82 Å². The van der Waals surface area contributed by atoms with Crippen molar-refractivity contribution >= 4 is 44.8 Å². The van der Waals surface area contributed by atoms with E-state index in [2.05, 4.69) is 148 Å². The van der Waals surface area contributed by atoms with Gasteiger partial charge in [0.25, 0.3) is 0 Å². The van der Waals surface area contributed by atoms with Crippen molar-refractivity contribution < 1.29 is 24.5 Å². The monoisotopic (exact) mass is 955 g/mol. The van der Waals surface area contributed by atoms with E-state index in [-0.39, 0.29) is 31.3 Å². The molecular weight excluding hydrogens is 900 g/mol. The number of hydrogen-bond acceptors (Lipinski definition) is 3. The summed E-state index contributed by atoms with van der Waals surface area (Å²) in [6.07, 6.45) is 5.17. The second kappa shape index (κ2) is 17.8. The zero-order valence-electron chi connectivity index (χ0n) is 34.8. The second-order valence-corrected chi connectivity index (χ2v) is 23.8. The molecule has 0 aliphatic rings. The fourth-order valence-electron chi connectivity index (χ4n) is 7.07. The van der Waals surface area contributed by atoms with Gasteiger partial charge in [-0.05, 0) is 85.6 Å². The standard InChI is InChI=1S/C28H23FNS.C22H32NSi.Ir/c1-17(2)18(3)20-14-15-30-26(16-20)25-9-5-8-24-23-7-4-6-22(27(23)31-28(24)25)19-10-12-21(29)13-11-19;1-16(2)12-18-14-20(23-15-21(18)24(6,7)8)17-10-9-11-19(13-17)22(3,4)5;/h4-8,10-18H,1-3H3;9,11,13-16H,12H2,1-8H3;/q2*-1;. The fourth-order valence-corrected chi connectivity index (χ4v) is 10.0. The maximum Gasteiger partial charge on any atom is 0.123 e. The summed E-state index contributed by atoms with van der Waals surface area (Å²) in [5, 5.41) is 3.91. The summed E-state index contributed by atoms with van der Waals surface area (Å²) in [4.78, 5) is 9.51. The molecule has 6 heteroatoms. The number of halogens is 1. The SMILES string of the molecule is CC(C)C(C)c1ccnc(-c2[c-]ccc3c2sc2c(-c4ccc(F)cc4)cccc23)c1.CC(C)Cc1cc(-c2[c-]ccc(C(C)(C)C)c2)ncc1[Si](C)(C)C.[Ir]. The summed E-state index contributed by atoms with van der Waals surface area (Å²) < 4.78 is 15.8. The minimum atomic E-state index is -1.38. The molecule has 0 spiro atoms. The van der Waals surface area contributed by atoms with Crippen LogP contribution in [0.2, 0.25) is 19.6 Å². The molecule has 3 aromatic heterocycles. The molecule has 0 N–H and O–H groups in total. The van der Waals surface area contributed by atoms with E-state index >= 15 is 0 Å². The van der Waals surface area contributed by atoms with Gasteiger partial charge in [0, 0.05) is 37.2 Å². The van der Waals surface area contributed by atoms with Crippen LogP contribution < -0.4 is 5.19 Å². The van der Waals surface area contributed by atoms with E-state index in [9.17, 15) is 4.39 Å². The van der Waals surface area contributed by atoms with Gasteiger partial charge >= 0.3 is 0 Å². The van der Waals surface area contributed by atoms with Crippen LogP contribution in [0.1, 0.15) is 78.0 Å². The fraction of sp³-hybridized carbons (Fsp3) is 0.320. The van der Waals surface area contributed by atoms with Gasteiger partial charge in [-0.25, -0.2) is 4.39 Å². The summed E-state index contributed by atoms with van der Waals surface area (Å²) in [5.74, 6) is 1.47. The molecule has 0 amide bonds. The first-order valence-electron chi connectivity index (χ1n) is 19.6. The van der Waals surface area contributed by atoms with Crippen molar-refractivity contribution in [2.45, 2.75) is 92.8 Å². The molecule has 56 heavy (non-hydrogen) atoms. The molecule has 0 aliphatic heterocycles. The van der Waals surface area contributed by atoms with Crippen LogP contribution in [0.5, 0.6) is 0 Å². The summed E-state index contributed by atoms with van der Waals surface area (Å²) in [5.41, 5.74) is 10.6. The normalized spacial score (nSPS) is 12.5. The van der Waals surface area contributed by atoms with E-state index in [0.29, 0.717) is 17.8 Å². The Morgan fingerprint density at radius 3 is 2.12 bits per heavy atom. The van der Waals surface area contributed by atoms with Gasteiger partial charge in [-0.1, -0.05) is 134 Å². The Balaban J connectivity index is 0.000000218. The van der Waals surface area contributed by atoms with E-state index in [4.69, 9.17) is 9.97 Å². The first kappa shape index (κ1) is 43.3. The predicted molar refractivity (Wildman–Crippen MR) is 239 cm³/mol. The summed E-state index contributed by atoms with van der Waals surface area (Å²) in [6.45, 7) is 25.3. The molecular formula is C50H55FIrN2SSi-2. The molecule has 0 fully saturated rings. The van der Waals surface area contributed by atoms with Crippen molar-refractivity contribution in [2.75, 3.05) is 0 Å². The maximum atomic E-state index is 13.5. The van der Waals surface area contributed by atoms with Crippen molar-refractivity contribution in [3.63, 3.8) is 0 Å². The molecule has 0 aliphatic carbocycles. The number of rotatable bonds is 8. The van der Waals surface area contributed by atoms with E-state index in [0.717, 1.165) is 40.1 Å². The smallest absolute Gasteiger partial charge is 0.123 e. The summed E-state index contributed by atoms with van der Waals surface area (Å²) in [7, 11) is -1.38. The van der Waals surface area contributed by atoms with Crippen molar-refractivity contribution in [1.82, 2.24) is 9.97 Å². The van der Waals surface area contributed by atoms with E-state index in [1.165, 1.54) is 54.2 Å². The van der Waals surface area contributed by atoms with E-state index < -0.39 is 8.07 Å². The first-order valence-corrected chi connectivity index (χ1v) is 23.9. The number of fused-ring (bicyclic) bond motifs is 3. The topological polar surface area (TPSA) is 25.8 Å². The Bertz CT molecular complexity index is 2420. The van der Waals surface area contributed by atoms with Crippen LogP contribution in [0.15, 0.2) is 103 Å². The number of benzene rings is 4. The molecule has 293 valence electrons. The van der Waals surface area contributed by atoms with Gasteiger partial charge in [0.15, 0.2) is 0 Å².